The first-order valence-corrected chi connectivity index (χ1v) is 25.3. The Balaban J connectivity index is 0.892. The van der Waals surface area contributed by atoms with Crippen molar-refractivity contribution in [3.63, 3.8) is 0 Å². The molecule has 0 radical (unpaired) electrons. The van der Waals surface area contributed by atoms with Gasteiger partial charge in [-0.05, 0) is 162 Å². The van der Waals surface area contributed by atoms with Gasteiger partial charge in [-0.3, -0.25) is 0 Å². The van der Waals surface area contributed by atoms with Gasteiger partial charge in [0.15, 0.2) is 0 Å². The van der Waals surface area contributed by atoms with Gasteiger partial charge in [0.05, 0.1) is 33.2 Å². The number of sulfone groups is 2. The molecule has 0 fully saturated rings. The molecular weight excluding hydrogens is 919 g/mol. The highest BCUT2D eigenvalue weighted by molar-refractivity contribution is 7.91. The quantitative estimate of drug-likeness (QED) is 0.0496. The Labute approximate surface area is 409 Å². The highest BCUT2D eigenvalue weighted by Crippen LogP contribution is 2.38. The molecule has 13 heteroatoms. The van der Waals surface area contributed by atoms with E-state index in [0.717, 1.165) is 16.7 Å². The van der Waals surface area contributed by atoms with Crippen molar-refractivity contribution >= 4 is 19.7 Å². The number of benzene rings is 8. The zero-order valence-corrected chi connectivity index (χ0v) is 41.2. The fourth-order valence-electron chi connectivity index (χ4n) is 7.97. The molecule has 8 aromatic rings. The minimum absolute atomic E-state index is 0.0262. The number of rotatable bonds is 17. The van der Waals surface area contributed by atoms with E-state index in [1.807, 2.05) is 48.5 Å². The molecule has 0 aliphatic heterocycles. The molecule has 0 heterocycles. The second-order valence-electron chi connectivity index (χ2n) is 17.8. The second-order valence-corrected chi connectivity index (χ2v) is 21.7. The molecule has 0 saturated carbocycles. The molecule has 0 amide bonds. The monoisotopic (exact) mass is 969 g/mol. The smallest absolute Gasteiger partial charge is 0.206 e. The normalized spacial score (nSPS) is 11.9. The van der Waals surface area contributed by atoms with Crippen LogP contribution in [0.3, 0.4) is 0 Å². The summed E-state index contributed by atoms with van der Waals surface area (Å²) in [5, 5.41) is 3.81. The van der Waals surface area contributed by atoms with Crippen molar-refractivity contribution in [2.24, 2.45) is 5.11 Å². The first-order chi connectivity index (χ1) is 33.5. The van der Waals surface area contributed by atoms with Crippen LogP contribution >= 0.6 is 0 Å². The van der Waals surface area contributed by atoms with Crippen LogP contribution in [0.2, 0.25) is 0 Å². The van der Waals surface area contributed by atoms with Crippen LogP contribution in [0.1, 0.15) is 61.1 Å². The molecule has 0 bridgehead atoms. The van der Waals surface area contributed by atoms with Crippen LogP contribution in [-0.4, -0.2) is 23.9 Å². The van der Waals surface area contributed by atoms with E-state index < -0.39 is 25.1 Å². The zero-order valence-electron chi connectivity index (χ0n) is 39.5. The molecule has 0 saturated heterocycles. The SMILES string of the molecule is COc1ccc(S(=O)(=O)c2ccc(Oc3ccc(C(C)(C)c4ccc(Oc5ccc(S(=O)(=O)c6ccc(Oc7ccc(C(C)(C)c8ccc(C)cc8)cc7)cc6)cc5)cc4)cc3CN=[N+]=[N-])cc2)cc1. The molecule has 354 valence electrons. The highest BCUT2D eigenvalue weighted by Gasteiger charge is 2.26. The zero-order chi connectivity index (χ0) is 49.7. The number of ether oxygens (including phenoxy) is 4. The molecule has 0 atom stereocenters. The van der Waals surface area contributed by atoms with Gasteiger partial charge in [0.1, 0.15) is 40.2 Å². The average molecular weight is 970 g/mol. The summed E-state index contributed by atoms with van der Waals surface area (Å²) in [6.07, 6.45) is 0. The molecule has 0 aromatic heterocycles. The standard InChI is InChI=1S/C57H51N3O8S2/c1-39-7-9-41(10-8-39)56(2,3)42-11-16-46(17-12-42)66-48-22-30-52(31-23-48)70(63,64)53-32-24-49(25-33-53)67-47-18-13-43(14-19-47)57(4,5)44-15-36-55(40(37-44)38-59-60-58)68-50-26-34-54(35-27-50)69(61,62)51-28-20-45(65-6)21-29-51/h7-37H,38H2,1-6H3. The number of nitrogens with zero attached hydrogens (tertiary/aromatic N) is 3. The number of methoxy groups -OCH3 is 1. The van der Waals surface area contributed by atoms with Crippen LogP contribution in [0.4, 0.5) is 0 Å². The van der Waals surface area contributed by atoms with Crippen molar-refractivity contribution in [3.05, 3.63) is 232 Å². The van der Waals surface area contributed by atoms with Crippen LogP contribution in [0.25, 0.3) is 10.4 Å². The molecular formula is C57H51N3O8S2. The lowest BCUT2D eigenvalue weighted by atomic mass is 9.77. The summed E-state index contributed by atoms with van der Waals surface area (Å²) in [6, 6.07) is 54.8. The van der Waals surface area contributed by atoms with E-state index in [1.54, 1.807) is 66.7 Å². The lowest BCUT2D eigenvalue weighted by Gasteiger charge is -2.27. The van der Waals surface area contributed by atoms with Gasteiger partial charge in [-0.15, -0.1) is 0 Å². The molecule has 0 N–H and O–H groups in total. The second kappa shape index (κ2) is 20.0. The van der Waals surface area contributed by atoms with Crippen LogP contribution in [-0.2, 0) is 37.0 Å². The summed E-state index contributed by atoms with van der Waals surface area (Å²) in [4.78, 5) is 3.48. The van der Waals surface area contributed by atoms with Crippen molar-refractivity contribution in [1.29, 1.82) is 0 Å². The molecule has 0 spiro atoms. The summed E-state index contributed by atoms with van der Waals surface area (Å²) < 4.78 is 77.3. The summed E-state index contributed by atoms with van der Waals surface area (Å²) in [6.45, 7) is 10.6. The average Bonchev–Trinajstić information content (AvgIpc) is 3.37. The lowest BCUT2D eigenvalue weighted by molar-refractivity contribution is 0.414. The van der Waals surface area contributed by atoms with Gasteiger partial charge < -0.3 is 18.9 Å². The van der Waals surface area contributed by atoms with Gasteiger partial charge in [0.2, 0.25) is 19.7 Å². The molecule has 0 unspecified atom stereocenters. The van der Waals surface area contributed by atoms with Crippen LogP contribution in [0.5, 0.6) is 40.2 Å². The van der Waals surface area contributed by atoms with E-state index in [4.69, 9.17) is 18.9 Å². The molecule has 8 aromatic carbocycles. The number of hydrogen-bond acceptors (Lipinski definition) is 9. The van der Waals surface area contributed by atoms with E-state index in [0.29, 0.717) is 45.8 Å². The summed E-state index contributed by atoms with van der Waals surface area (Å²) in [7, 11) is -6.08. The highest BCUT2D eigenvalue weighted by atomic mass is 32.2. The summed E-state index contributed by atoms with van der Waals surface area (Å²) in [5.41, 5.74) is 14.6. The topological polar surface area (TPSA) is 154 Å². The van der Waals surface area contributed by atoms with E-state index in [9.17, 15) is 22.4 Å². The predicted octanol–water partition coefficient (Wildman–Crippen LogP) is 14.5. The Bertz CT molecular complexity index is 3390. The number of aryl methyl sites for hydroxylation is 1. The largest absolute Gasteiger partial charge is 0.497 e. The van der Waals surface area contributed by atoms with E-state index in [1.165, 1.54) is 54.6 Å². The third-order valence-corrected chi connectivity index (χ3v) is 16.1. The van der Waals surface area contributed by atoms with Gasteiger partial charge in [-0.2, -0.15) is 0 Å². The van der Waals surface area contributed by atoms with E-state index in [-0.39, 0.29) is 31.5 Å². The number of hydrogen-bond donors (Lipinski definition) is 0. The molecule has 0 aliphatic carbocycles. The first-order valence-electron chi connectivity index (χ1n) is 22.4. The Hall–Kier alpha value is -7.83. The fourth-order valence-corrected chi connectivity index (χ4v) is 10.5. The Morgan fingerprint density at radius 3 is 1.13 bits per heavy atom. The van der Waals surface area contributed by atoms with Crippen molar-refractivity contribution in [3.8, 4) is 40.2 Å². The van der Waals surface area contributed by atoms with Crippen molar-refractivity contribution in [2.75, 3.05) is 7.11 Å². The lowest BCUT2D eigenvalue weighted by Crippen LogP contribution is -2.19. The Kier molecular flexibility index (Phi) is 13.9. The molecule has 11 nitrogen and oxygen atoms in total. The maximum absolute atomic E-state index is 13.6. The maximum atomic E-state index is 13.6. The molecule has 70 heavy (non-hydrogen) atoms. The van der Waals surface area contributed by atoms with Gasteiger partial charge in [0, 0.05) is 21.3 Å². The third-order valence-electron chi connectivity index (χ3n) is 12.5. The van der Waals surface area contributed by atoms with Gasteiger partial charge in [0.25, 0.3) is 0 Å². The minimum Gasteiger partial charge on any atom is -0.497 e. The Morgan fingerprint density at radius 2 is 0.757 bits per heavy atom. The van der Waals surface area contributed by atoms with Crippen LogP contribution < -0.4 is 18.9 Å². The molecule has 8 rings (SSSR count). The minimum atomic E-state index is -3.83. The Morgan fingerprint density at radius 1 is 0.443 bits per heavy atom. The molecule has 0 aliphatic rings. The van der Waals surface area contributed by atoms with Crippen molar-refractivity contribution < 1.29 is 35.8 Å². The van der Waals surface area contributed by atoms with Gasteiger partial charge in [-0.25, -0.2) is 16.8 Å². The predicted molar refractivity (Wildman–Crippen MR) is 271 cm³/mol. The van der Waals surface area contributed by atoms with Gasteiger partial charge in [-0.1, -0.05) is 99.0 Å². The third kappa shape index (κ3) is 10.6. The van der Waals surface area contributed by atoms with Gasteiger partial charge >= 0.3 is 0 Å². The van der Waals surface area contributed by atoms with Crippen molar-refractivity contribution in [1.82, 2.24) is 0 Å². The van der Waals surface area contributed by atoms with Crippen LogP contribution in [0.15, 0.2) is 213 Å². The summed E-state index contributed by atoms with van der Waals surface area (Å²) >= 11 is 0. The van der Waals surface area contributed by atoms with E-state index in [2.05, 4.69) is 81.0 Å². The first kappa shape index (κ1) is 48.6. The fraction of sp³-hybridized carbons (Fsp3) is 0.158. The van der Waals surface area contributed by atoms with Crippen LogP contribution in [0, 0.1) is 6.92 Å². The maximum Gasteiger partial charge on any atom is 0.206 e. The van der Waals surface area contributed by atoms with E-state index >= 15 is 0 Å². The summed E-state index contributed by atoms with van der Waals surface area (Å²) in [5.74, 6) is 3.61. The van der Waals surface area contributed by atoms with Crippen molar-refractivity contribution in [2.45, 2.75) is 71.6 Å². The number of azide groups is 1.